The molecule has 0 aliphatic heterocycles. The Hall–Kier alpha value is -2.18. The molecule has 0 aliphatic rings. The molecule has 0 bridgehead atoms. The highest BCUT2D eigenvalue weighted by atomic mass is 19.1. The van der Waals surface area contributed by atoms with Crippen LogP contribution in [0.15, 0.2) is 18.2 Å². The maximum absolute atomic E-state index is 13.1. The van der Waals surface area contributed by atoms with E-state index in [9.17, 15) is 19.3 Å². The van der Waals surface area contributed by atoms with Crippen LogP contribution in [0.1, 0.15) is 0 Å². The van der Waals surface area contributed by atoms with Gasteiger partial charge in [0.05, 0.1) is 16.7 Å². The van der Waals surface area contributed by atoms with E-state index in [4.69, 9.17) is 5.11 Å². The van der Waals surface area contributed by atoms with Crippen molar-refractivity contribution in [2.45, 2.75) is 0 Å². The fourth-order valence-electron chi connectivity index (χ4n) is 0.932. The molecule has 6 nitrogen and oxygen atoms in total. The van der Waals surface area contributed by atoms with E-state index < -0.39 is 23.3 Å². The molecule has 7 heteroatoms. The van der Waals surface area contributed by atoms with Crippen LogP contribution in [0.2, 0.25) is 0 Å². The molecule has 80 valence electrons. The molecule has 0 radical (unpaired) electrons. The van der Waals surface area contributed by atoms with Crippen molar-refractivity contribution >= 4 is 17.3 Å². The summed E-state index contributed by atoms with van der Waals surface area (Å²) >= 11 is 0. The summed E-state index contributed by atoms with van der Waals surface area (Å²) in [5.74, 6) is -2.00. The number of nitrogens with one attached hydrogen (secondary N) is 1. The first-order chi connectivity index (χ1) is 7.00. The van der Waals surface area contributed by atoms with E-state index in [0.29, 0.717) is 0 Å². The van der Waals surface area contributed by atoms with Crippen molar-refractivity contribution in [3.63, 3.8) is 0 Å². The number of nitro benzene ring substituents is 1. The summed E-state index contributed by atoms with van der Waals surface area (Å²) in [6, 6.07) is 2.94. The number of hydrogen-bond acceptors (Lipinski definition) is 4. The lowest BCUT2D eigenvalue weighted by atomic mass is 10.2. The van der Waals surface area contributed by atoms with Gasteiger partial charge in [0.25, 0.3) is 5.69 Å². The van der Waals surface area contributed by atoms with Crippen molar-refractivity contribution in [3.05, 3.63) is 34.1 Å². The molecule has 0 aliphatic carbocycles. The molecule has 0 aromatic heterocycles. The van der Waals surface area contributed by atoms with Gasteiger partial charge >= 0.3 is 5.97 Å². The Morgan fingerprint density at radius 2 is 2.27 bits per heavy atom. The van der Waals surface area contributed by atoms with E-state index in [0.717, 1.165) is 18.2 Å². The van der Waals surface area contributed by atoms with Crippen molar-refractivity contribution in [2.24, 2.45) is 0 Å². The summed E-state index contributed by atoms with van der Waals surface area (Å²) in [4.78, 5) is 19.7. The number of carboxylic acids is 1. The Labute approximate surface area is 83.5 Å². The minimum Gasteiger partial charge on any atom is -0.480 e. The first kappa shape index (κ1) is 10.9. The zero-order valence-corrected chi connectivity index (χ0v) is 7.44. The summed E-state index contributed by atoms with van der Waals surface area (Å²) in [5.41, 5.74) is -0.462. The summed E-state index contributed by atoms with van der Waals surface area (Å²) in [6.07, 6.45) is 0. The second-order valence-corrected chi connectivity index (χ2v) is 2.67. The van der Waals surface area contributed by atoms with Crippen molar-refractivity contribution < 1.29 is 19.2 Å². The molecule has 0 unspecified atom stereocenters. The lowest BCUT2D eigenvalue weighted by Gasteiger charge is -2.03. The number of benzene rings is 1. The van der Waals surface area contributed by atoms with E-state index in [1.807, 2.05) is 0 Å². The molecule has 1 aromatic rings. The number of carbonyl (C=O) groups is 1. The highest BCUT2D eigenvalue weighted by Crippen LogP contribution is 2.19. The Bertz CT molecular complexity index is 408. The Kier molecular flexibility index (Phi) is 3.17. The molecule has 0 amide bonds. The lowest BCUT2D eigenvalue weighted by molar-refractivity contribution is -0.385. The van der Waals surface area contributed by atoms with Crippen LogP contribution < -0.4 is 5.32 Å². The minimum atomic E-state index is -1.15. The van der Waals surface area contributed by atoms with Gasteiger partial charge in [-0.15, -0.1) is 0 Å². The largest absolute Gasteiger partial charge is 0.480 e. The molecule has 0 heterocycles. The SMILES string of the molecule is O=C(O)CNc1ccc([N+](=O)[O-])cc1F. The minimum absolute atomic E-state index is 0.0806. The van der Waals surface area contributed by atoms with E-state index in [1.54, 1.807) is 0 Å². The first-order valence-corrected chi connectivity index (χ1v) is 3.90. The third-order valence-electron chi connectivity index (χ3n) is 1.59. The van der Waals surface area contributed by atoms with Crippen LogP contribution in [0.5, 0.6) is 0 Å². The molecule has 15 heavy (non-hydrogen) atoms. The Morgan fingerprint density at radius 3 is 2.73 bits per heavy atom. The second-order valence-electron chi connectivity index (χ2n) is 2.67. The smallest absolute Gasteiger partial charge is 0.322 e. The van der Waals surface area contributed by atoms with E-state index in [1.165, 1.54) is 0 Å². The van der Waals surface area contributed by atoms with Gasteiger partial charge in [-0.3, -0.25) is 14.9 Å². The fourth-order valence-corrected chi connectivity index (χ4v) is 0.932. The van der Waals surface area contributed by atoms with Gasteiger partial charge in [-0.25, -0.2) is 4.39 Å². The highest BCUT2D eigenvalue weighted by molar-refractivity contribution is 5.72. The van der Waals surface area contributed by atoms with Crippen LogP contribution >= 0.6 is 0 Å². The van der Waals surface area contributed by atoms with E-state index in [-0.39, 0.29) is 11.4 Å². The van der Waals surface area contributed by atoms with Crippen LogP contribution in [-0.2, 0) is 4.79 Å². The van der Waals surface area contributed by atoms with Gasteiger partial charge < -0.3 is 10.4 Å². The topological polar surface area (TPSA) is 92.5 Å². The molecule has 0 saturated carbocycles. The van der Waals surface area contributed by atoms with Crippen LogP contribution in [0, 0.1) is 15.9 Å². The molecule has 0 atom stereocenters. The third-order valence-corrected chi connectivity index (χ3v) is 1.59. The van der Waals surface area contributed by atoms with Crippen LogP contribution in [0.3, 0.4) is 0 Å². The summed E-state index contributed by atoms with van der Waals surface area (Å²) in [7, 11) is 0. The van der Waals surface area contributed by atoms with Gasteiger partial charge in [0, 0.05) is 6.07 Å². The van der Waals surface area contributed by atoms with Crippen LogP contribution in [0.4, 0.5) is 15.8 Å². The first-order valence-electron chi connectivity index (χ1n) is 3.90. The van der Waals surface area contributed by atoms with Crippen LogP contribution in [-0.4, -0.2) is 22.5 Å². The third kappa shape index (κ3) is 2.90. The van der Waals surface area contributed by atoms with Gasteiger partial charge in [-0.1, -0.05) is 0 Å². The number of anilines is 1. The number of rotatable bonds is 4. The average molecular weight is 214 g/mol. The summed E-state index contributed by atoms with van der Waals surface area (Å²) < 4.78 is 13.1. The van der Waals surface area contributed by atoms with Gasteiger partial charge in [-0.2, -0.15) is 0 Å². The van der Waals surface area contributed by atoms with Crippen LogP contribution in [0.25, 0.3) is 0 Å². The van der Waals surface area contributed by atoms with Crippen molar-refractivity contribution in [1.29, 1.82) is 0 Å². The quantitative estimate of drug-likeness (QED) is 0.580. The predicted molar refractivity (Wildman–Crippen MR) is 49.2 cm³/mol. The lowest BCUT2D eigenvalue weighted by Crippen LogP contribution is -2.13. The molecule has 1 aromatic carbocycles. The second kappa shape index (κ2) is 4.36. The number of nitrogens with zero attached hydrogens (tertiary/aromatic N) is 1. The van der Waals surface area contributed by atoms with Gasteiger partial charge in [0.2, 0.25) is 0 Å². The zero-order valence-electron chi connectivity index (χ0n) is 7.44. The fraction of sp³-hybridized carbons (Fsp3) is 0.125. The number of nitro groups is 1. The number of non-ortho nitro benzene ring substituents is 1. The van der Waals surface area contributed by atoms with E-state index >= 15 is 0 Å². The van der Waals surface area contributed by atoms with Gasteiger partial charge in [0.1, 0.15) is 6.54 Å². The highest BCUT2D eigenvalue weighted by Gasteiger charge is 2.10. The normalized spacial score (nSPS) is 9.67. The van der Waals surface area contributed by atoms with Crippen molar-refractivity contribution in [1.82, 2.24) is 0 Å². The summed E-state index contributed by atoms with van der Waals surface area (Å²) in [6.45, 7) is -0.450. The van der Waals surface area contributed by atoms with Crippen molar-refractivity contribution in [3.8, 4) is 0 Å². The maximum atomic E-state index is 13.1. The number of aliphatic carboxylic acids is 1. The molecule has 1 rings (SSSR count). The average Bonchev–Trinajstić information content (AvgIpc) is 2.15. The molecule has 2 N–H and O–H groups in total. The molecular weight excluding hydrogens is 207 g/mol. The number of halogens is 1. The molecule has 0 fully saturated rings. The maximum Gasteiger partial charge on any atom is 0.322 e. The summed E-state index contributed by atoms with van der Waals surface area (Å²) in [5, 5.41) is 20.9. The Balaban J connectivity index is 2.83. The van der Waals surface area contributed by atoms with E-state index in [2.05, 4.69) is 5.32 Å². The monoisotopic (exact) mass is 214 g/mol. The molecule has 0 spiro atoms. The zero-order chi connectivity index (χ0) is 11.4. The predicted octanol–water partition coefficient (Wildman–Crippen LogP) is 1.23. The Morgan fingerprint density at radius 1 is 1.60 bits per heavy atom. The number of hydrogen-bond donors (Lipinski definition) is 2. The number of carboxylic acid groups (broad SMARTS) is 1. The van der Waals surface area contributed by atoms with Crippen molar-refractivity contribution in [2.75, 3.05) is 11.9 Å². The van der Waals surface area contributed by atoms with Gasteiger partial charge in [0.15, 0.2) is 5.82 Å². The van der Waals surface area contributed by atoms with Gasteiger partial charge in [-0.05, 0) is 6.07 Å². The molecular formula is C8H7FN2O4. The standard InChI is InChI=1S/C8H7FN2O4/c9-6-3-5(11(14)15)1-2-7(6)10-4-8(12)13/h1-3,10H,4H2,(H,12,13). The molecule has 0 saturated heterocycles.